The predicted octanol–water partition coefficient (Wildman–Crippen LogP) is 2.33. The highest BCUT2D eigenvalue weighted by molar-refractivity contribution is 5.79. The van der Waals surface area contributed by atoms with E-state index in [9.17, 15) is 0 Å². The summed E-state index contributed by atoms with van der Waals surface area (Å²) in [5.41, 5.74) is 2.54. The SMILES string of the molecule is CCCN1CCC(CNC(=NC)NCc2ccccc2Cn2cccn2)C1. The average molecular weight is 369 g/mol. The van der Waals surface area contributed by atoms with Gasteiger partial charge >= 0.3 is 0 Å². The zero-order valence-corrected chi connectivity index (χ0v) is 16.6. The molecule has 6 heteroatoms. The predicted molar refractivity (Wildman–Crippen MR) is 111 cm³/mol. The minimum Gasteiger partial charge on any atom is -0.356 e. The fourth-order valence-electron chi connectivity index (χ4n) is 3.69. The lowest BCUT2D eigenvalue weighted by Crippen LogP contribution is -2.40. The lowest BCUT2D eigenvalue weighted by molar-refractivity contribution is 0.324. The van der Waals surface area contributed by atoms with Crippen molar-refractivity contribution in [2.24, 2.45) is 10.9 Å². The smallest absolute Gasteiger partial charge is 0.191 e. The van der Waals surface area contributed by atoms with Crippen LogP contribution >= 0.6 is 0 Å². The van der Waals surface area contributed by atoms with Crippen LogP contribution < -0.4 is 10.6 Å². The molecule has 3 rings (SSSR count). The lowest BCUT2D eigenvalue weighted by atomic mass is 10.1. The minimum absolute atomic E-state index is 0.710. The largest absolute Gasteiger partial charge is 0.356 e. The van der Waals surface area contributed by atoms with E-state index in [1.165, 1.54) is 43.6 Å². The number of nitrogens with one attached hydrogen (secondary N) is 2. The van der Waals surface area contributed by atoms with E-state index in [-0.39, 0.29) is 0 Å². The molecule has 0 saturated carbocycles. The van der Waals surface area contributed by atoms with Gasteiger partial charge in [0.05, 0.1) is 6.54 Å². The number of hydrogen-bond donors (Lipinski definition) is 2. The second-order valence-electron chi connectivity index (χ2n) is 7.23. The van der Waals surface area contributed by atoms with Gasteiger partial charge in [-0.1, -0.05) is 31.2 Å². The van der Waals surface area contributed by atoms with Gasteiger partial charge in [-0.25, -0.2) is 0 Å². The van der Waals surface area contributed by atoms with Crippen molar-refractivity contribution in [2.45, 2.75) is 32.9 Å². The van der Waals surface area contributed by atoms with Crippen LogP contribution in [0.3, 0.4) is 0 Å². The van der Waals surface area contributed by atoms with E-state index in [1.807, 2.05) is 30.2 Å². The summed E-state index contributed by atoms with van der Waals surface area (Å²) in [6.45, 7) is 8.42. The third kappa shape index (κ3) is 5.82. The Morgan fingerprint density at radius 1 is 1.22 bits per heavy atom. The molecular formula is C21H32N6. The number of guanidine groups is 1. The van der Waals surface area contributed by atoms with E-state index in [0.29, 0.717) is 5.92 Å². The average Bonchev–Trinajstić information content (AvgIpc) is 3.35. The molecule has 1 aromatic heterocycles. The molecule has 0 bridgehead atoms. The maximum absolute atomic E-state index is 4.39. The molecule has 1 aromatic carbocycles. The third-order valence-electron chi connectivity index (χ3n) is 5.15. The summed E-state index contributed by atoms with van der Waals surface area (Å²) in [6, 6.07) is 10.4. The third-order valence-corrected chi connectivity index (χ3v) is 5.15. The number of benzene rings is 1. The van der Waals surface area contributed by atoms with Crippen molar-refractivity contribution >= 4 is 5.96 Å². The fourth-order valence-corrected chi connectivity index (χ4v) is 3.69. The number of likely N-dealkylation sites (tertiary alicyclic amines) is 1. The Morgan fingerprint density at radius 3 is 2.81 bits per heavy atom. The van der Waals surface area contributed by atoms with Crippen molar-refractivity contribution in [3.63, 3.8) is 0 Å². The number of nitrogens with zero attached hydrogens (tertiary/aromatic N) is 4. The van der Waals surface area contributed by atoms with Crippen LogP contribution in [0.2, 0.25) is 0 Å². The van der Waals surface area contributed by atoms with Crippen LogP contribution in [-0.4, -0.2) is 53.9 Å². The quantitative estimate of drug-likeness (QED) is 0.555. The summed E-state index contributed by atoms with van der Waals surface area (Å²) in [4.78, 5) is 6.95. The van der Waals surface area contributed by atoms with Gasteiger partial charge in [-0.2, -0.15) is 5.10 Å². The topological polar surface area (TPSA) is 57.5 Å². The van der Waals surface area contributed by atoms with Crippen molar-refractivity contribution in [1.29, 1.82) is 0 Å². The first-order valence-corrected chi connectivity index (χ1v) is 9.99. The summed E-state index contributed by atoms with van der Waals surface area (Å²) >= 11 is 0. The molecule has 1 unspecified atom stereocenters. The molecule has 2 aromatic rings. The maximum Gasteiger partial charge on any atom is 0.191 e. The van der Waals surface area contributed by atoms with Crippen LogP contribution in [0.4, 0.5) is 0 Å². The van der Waals surface area contributed by atoms with E-state index in [1.54, 1.807) is 0 Å². The van der Waals surface area contributed by atoms with Crippen molar-refractivity contribution in [3.05, 3.63) is 53.9 Å². The first-order valence-electron chi connectivity index (χ1n) is 9.99. The molecule has 1 fully saturated rings. The second kappa shape index (κ2) is 10.1. The molecule has 1 aliphatic heterocycles. The molecule has 1 saturated heterocycles. The molecule has 0 radical (unpaired) electrons. The standard InChI is InChI=1S/C21H32N6/c1-3-11-26-13-9-18(16-26)14-23-21(22-2)24-15-19-7-4-5-8-20(19)17-27-12-6-10-25-27/h4-8,10,12,18H,3,9,11,13-17H2,1-2H3,(H2,22,23,24). The lowest BCUT2D eigenvalue weighted by Gasteiger charge is -2.17. The van der Waals surface area contributed by atoms with E-state index >= 15 is 0 Å². The van der Waals surface area contributed by atoms with Gasteiger partial charge in [-0.05, 0) is 49.0 Å². The first-order chi connectivity index (χ1) is 13.3. The van der Waals surface area contributed by atoms with E-state index in [2.05, 4.69) is 56.8 Å². The molecule has 0 aliphatic carbocycles. The van der Waals surface area contributed by atoms with Crippen LogP contribution in [0.15, 0.2) is 47.7 Å². The summed E-state index contributed by atoms with van der Waals surface area (Å²) in [5, 5.41) is 11.3. The van der Waals surface area contributed by atoms with Crippen molar-refractivity contribution in [1.82, 2.24) is 25.3 Å². The summed E-state index contributed by atoms with van der Waals surface area (Å²) in [7, 11) is 1.84. The van der Waals surface area contributed by atoms with Gasteiger partial charge in [0.1, 0.15) is 0 Å². The van der Waals surface area contributed by atoms with Gasteiger partial charge in [-0.15, -0.1) is 0 Å². The van der Waals surface area contributed by atoms with Gasteiger partial charge in [0.15, 0.2) is 5.96 Å². The maximum atomic E-state index is 4.39. The van der Waals surface area contributed by atoms with Crippen molar-refractivity contribution in [3.8, 4) is 0 Å². The van der Waals surface area contributed by atoms with Crippen LogP contribution in [0.1, 0.15) is 30.9 Å². The Labute approximate surface area is 162 Å². The van der Waals surface area contributed by atoms with E-state index in [0.717, 1.165) is 25.6 Å². The number of aliphatic imine (C=N–C) groups is 1. The van der Waals surface area contributed by atoms with Crippen molar-refractivity contribution in [2.75, 3.05) is 33.2 Å². The number of hydrogen-bond acceptors (Lipinski definition) is 3. The van der Waals surface area contributed by atoms with Gasteiger partial charge in [0, 0.05) is 39.1 Å². The van der Waals surface area contributed by atoms with Crippen LogP contribution in [0, 0.1) is 5.92 Å². The highest BCUT2D eigenvalue weighted by atomic mass is 15.3. The fraction of sp³-hybridized carbons (Fsp3) is 0.524. The van der Waals surface area contributed by atoms with Crippen LogP contribution in [-0.2, 0) is 13.1 Å². The highest BCUT2D eigenvalue weighted by Crippen LogP contribution is 2.15. The van der Waals surface area contributed by atoms with Crippen LogP contribution in [0.5, 0.6) is 0 Å². The molecule has 146 valence electrons. The molecule has 2 heterocycles. The summed E-state index contributed by atoms with van der Waals surface area (Å²) in [6.07, 6.45) is 6.32. The zero-order valence-electron chi connectivity index (χ0n) is 16.6. The Bertz CT molecular complexity index is 709. The Kier molecular flexibility index (Phi) is 7.27. The van der Waals surface area contributed by atoms with E-state index < -0.39 is 0 Å². The molecule has 2 N–H and O–H groups in total. The van der Waals surface area contributed by atoms with Gasteiger partial charge in [0.2, 0.25) is 0 Å². The number of rotatable bonds is 8. The van der Waals surface area contributed by atoms with Crippen molar-refractivity contribution < 1.29 is 0 Å². The molecule has 1 atom stereocenters. The van der Waals surface area contributed by atoms with Gasteiger partial charge in [0.25, 0.3) is 0 Å². The molecule has 1 aliphatic rings. The molecule has 0 spiro atoms. The number of aromatic nitrogens is 2. The van der Waals surface area contributed by atoms with Crippen LogP contribution in [0.25, 0.3) is 0 Å². The molecular weight excluding hydrogens is 336 g/mol. The normalized spacial score (nSPS) is 18.0. The second-order valence-corrected chi connectivity index (χ2v) is 7.23. The highest BCUT2D eigenvalue weighted by Gasteiger charge is 2.21. The first kappa shape index (κ1) is 19.4. The summed E-state index contributed by atoms with van der Waals surface area (Å²) in [5.74, 6) is 1.58. The molecule has 6 nitrogen and oxygen atoms in total. The Balaban J connectivity index is 1.48. The van der Waals surface area contributed by atoms with Gasteiger partial charge < -0.3 is 15.5 Å². The Hall–Kier alpha value is -2.34. The minimum atomic E-state index is 0.710. The molecule has 27 heavy (non-hydrogen) atoms. The Morgan fingerprint density at radius 2 is 2.07 bits per heavy atom. The van der Waals surface area contributed by atoms with E-state index in [4.69, 9.17) is 0 Å². The molecule has 0 amide bonds. The monoisotopic (exact) mass is 368 g/mol. The van der Waals surface area contributed by atoms with Gasteiger partial charge in [-0.3, -0.25) is 9.67 Å². The zero-order chi connectivity index (χ0) is 18.9. The summed E-state index contributed by atoms with van der Waals surface area (Å²) < 4.78 is 1.95.